The van der Waals surface area contributed by atoms with E-state index in [1.807, 2.05) is 0 Å². The highest BCUT2D eigenvalue weighted by Crippen LogP contribution is 2.48. The molecule has 1 unspecified atom stereocenters. The van der Waals surface area contributed by atoms with Crippen LogP contribution in [-0.2, 0) is 19.2 Å². The number of nitrogens with zero attached hydrogens (tertiary/aromatic N) is 2. The molecule has 0 saturated heterocycles. The van der Waals surface area contributed by atoms with Crippen molar-refractivity contribution in [2.45, 2.75) is 48.5 Å². The normalized spacial score (nSPS) is 17.1. The summed E-state index contributed by atoms with van der Waals surface area (Å²) in [5.74, 6) is -0.960. The number of alkyl halides is 5. The summed E-state index contributed by atoms with van der Waals surface area (Å²) in [6, 6.07) is 16.9. The predicted molar refractivity (Wildman–Crippen MR) is 140 cm³/mol. The number of fused-ring (bicyclic) bond motifs is 2. The lowest BCUT2D eigenvalue weighted by molar-refractivity contribution is -0.286. The molecule has 2 heterocycles. The fraction of sp³-hybridized carbons (Fsp3) is 0.241. The molecule has 0 bridgehead atoms. The van der Waals surface area contributed by atoms with Gasteiger partial charge in [0.2, 0.25) is 0 Å². The standard InChI is InChI=1S/C29H21F5N2O5S/c30-28(31,32)26-21-5-2-6-24(42-20-10-8-17(9-11-20)27(37)38)25(21)36(35-26)18-3-1-4-19(14-18)39-15-16-7-12-22-23(13-16)41-29(33,34)40-22/h1,3-4,7-14,24H,2,5-6,15H2,(H,37,38). The van der Waals surface area contributed by atoms with Gasteiger partial charge in [-0.3, -0.25) is 0 Å². The Morgan fingerprint density at radius 2 is 1.83 bits per heavy atom. The third kappa shape index (κ3) is 5.60. The molecule has 0 saturated carbocycles. The van der Waals surface area contributed by atoms with Crippen molar-refractivity contribution in [3.05, 3.63) is 94.8 Å². The molecule has 6 rings (SSSR count). The average molecular weight is 605 g/mol. The van der Waals surface area contributed by atoms with Gasteiger partial charge in [-0.2, -0.15) is 18.3 Å². The fourth-order valence-electron chi connectivity index (χ4n) is 4.98. The summed E-state index contributed by atoms with van der Waals surface area (Å²) in [5.41, 5.74) is 0.614. The highest BCUT2D eigenvalue weighted by molar-refractivity contribution is 7.99. The van der Waals surface area contributed by atoms with Crippen LogP contribution in [0.15, 0.2) is 71.6 Å². The summed E-state index contributed by atoms with van der Waals surface area (Å²) in [6.45, 7) is -0.0263. The highest BCUT2D eigenvalue weighted by Gasteiger charge is 2.44. The third-order valence-corrected chi connectivity index (χ3v) is 8.09. The molecule has 0 amide bonds. The van der Waals surface area contributed by atoms with Crippen molar-refractivity contribution in [1.82, 2.24) is 9.78 Å². The van der Waals surface area contributed by atoms with Crippen LogP contribution in [0.4, 0.5) is 22.0 Å². The van der Waals surface area contributed by atoms with Gasteiger partial charge in [0, 0.05) is 16.5 Å². The minimum atomic E-state index is -4.66. The number of ether oxygens (including phenoxy) is 3. The monoisotopic (exact) mass is 604 g/mol. The number of hydrogen-bond acceptors (Lipinski definition) is 6. The van der Waals surface area contributed by atoms with Gasteiger partial charge in [0.15, 0.2) is 17.2 Å². The smallest absolute Gasteiger partial charge is 0.489 e. The first-order chi connectivity index (χ1) is 20.0. The van der Waals surface area contributed by atoms with Crippen molar-refractivity contribution in [3.8, 4) is 22.9 Å². The Labute approximate surface area is 239 Å². The van der Waals surface area contributed by atoms with Gasteiger partial charge in [0.25, 0.3) is 0 Å². The summed E-state index contributed by atoms with van der Waals surface area (Å²) < 4.78 is 84.9. The molecule has 7 nitrogen and oxygen atoms in total. The number of aromatic carboxylic acids is 1. The molecule has 42 heavy (non-hydrogen) atoms. The lowest BCUT2D eigenvalue weighted by atomic mass is 9.95. The van der Waals surface area contributed by atoms with Crippen molar-refractivity contribution in [2.75, 3.05) is 0 Å². The van der Waals surface area contributed by atoms with E-state index in [1.165, 1.54) is 46.8 Å². The molecule has 1 atom stereocenters. The first-order valence-electron chi connectivity index (χ1n) is 12.8. The molecular weight excluding hydrogens is 583 g/mol. The molecule has 0 radical (unpaired) electrons. The van der Waals surface area contributed by atoms with E-state index in [9.17, 15) is 31.9 Å². The second-order valence-corrected chi connectivity index (χ2v) is 11.0. The second kappa shape index (κ2) is 10.5. The van der Waals surface area contributed by atoms with Gasteiger partial charge in [-0.05, 0) is 73.4 Å². The van der Waals surface area contributed by atoms with Gasteiger partial charge in [0.1, 0.15) is 12.4 Å². The molecular formula is C29H21F5N2O5S. The van der Waals surface area contributed by atoms with Crippen LogP contribution in [-0.4, -0.2) is 27.2 Å². The van der Waals surface area contributed by atoms with Crippen LogP contribution in [0.1, 0.15) is 51.0 Å². The number of benzene rings is 3. The molecule has 0 spiro atoms. The average Bonchev–Trinajstić information content (AvgIpc) is 3.49. The van der Waals surface area contributed by atoms with E-state index in [0.717, 1.165) is 4.90 Å². The van der Waals surface area contributed by atoms with Crippen LogP contribution in [0.25, 0.3) is 5.69 Å². The van der Waals surface area contributed by atoms with Gasteiger partial charge in [-0.1, -0.05) is 12.1 Å². The van der Waals surface area contributed by atoms with E-state index in [4.69, 9.17) is 4.74 Å². The minimum Gasteiger partial charge on any atom is -0.489 e. The van der Waals surface area contributed by atoms with Gasteiger partial charge >= 0.3 is 18.4 Å². The Morgan fingerprint density at radius 3 is 2.57 bits per heavy atom. The Bertz CT molecular complexity index is 1660. The number of carbonyl (C=O) groups is 1. The van der Waals surface area contributed by atoms with E-state index in [0.29, 0.717) is 35.5 Å². The Balaban J connectivity index is 1.29. The Kier molecular flexibility index (Phi) is 7.00. The molecule has 1 N–H and O–H groups in total. The van der Waals surface area contributed by atoms with E-state index in [-0.39, 0.29) is 40.9 Å². The molecule has 1 aromatic heterocycles. The topological polar surface area (TPSA) is 82.8 Å². The minimum absolute atomic E-state index is 0.0263. The van der Waals surface area contributed by atoms with Gasteiger partial charge in [-0.25, -0.2) is 9.48 Å². The molecule has 2 aliphatic rings. The van der Waals surface area contributed by atoms with Crippen molar-refractivity contribution >= 4 is 17.7 Å². The Hall–Kier alpha value is -4.26. The number of aromatic nitrogens is 2. The summed E-state index contributed by atoms with van der Waals surface area (Å²) in [6.07, 6.45) is -7.04. The fourth-order valence-corrected chi connectivity index (χ4v) is 6.24. The SMILES string of the molecule is O=C(O)c1ccc(SC2CCCc3c(C(F)(F)F)nn(-c4cccc(OCc5ccc6c(c5)OC(F)(F)O6)c4)c32)cc1. The molecule has 4 aromatic rings. The van der Waals surface area contributed by atoms with Crippen LogP contribution >= 0.6 is 11.8 Å². The molecule has 218 valence electrons. The molecule has 0 fully saturated rings. The molecule has 1 aliphatic heterocycles. The quantitative estimate of drug-likeness (QED) is 0.217. The van der Waals surface area contributed by atoms with Gasteiger partial charge < -0.3 is 19.3 Å². The zero-order valence-corrected chi connectivity index (χ0v) is 22.3. The second-order valence-electron chi connectivity index (χ2n) is 9.68. The van der Waals surface area contributed by atoms with E-state index < -0.39 is 24.1 Å². The largest absolute Gasteiger partial charge is 0.586 e. The summed E-state index contributed by atoms with van der Waals surface area (Å²) in [4.78, 5) is 11.9. The predicted octanol–water partition coefficient (Wildman–Crippen LogP) is 7.66. The van der Waals surface area contributed by atoms with Gasteiger partial charge in [-0.15, -0.1) is 20.5 Å². The van der Waals surface area contributed by atoms with Crippen LogP contribution in [0.5, 0.6) is 17.2 Å². The van der Waals surface area contributed by atoms with E-state index in [2.05, 4.69) is 14.6 Å². The number of carboxylic acid groups (broad SMARTS) is 1. The number of rotatable bonds is 7. The van der Waals surface area contributed by atoms with Crippen molar-refractivity contribution in [2.24, 2.45) is 0 Å². The van der Waals surface area contributed by atoms with Crippen LogP contribution in [0.3, 0.4) is 0 Å². The maximum atomic E-state index is 14.1. The van der Waals surface area contributed by atoms with E-state index in [1.54, 1.807) is 36.4 Å². The summed E-state index contributed by atoms with van der Waals surface area (Å²) >= 11 is 1.35. The van der Waals surface area contributed by atoms with Crippen molar-refractivity contribution in [1.29, 1.82) is 0 Å². The van der Waals surface area contributed by atoms with E-state index >= 15 is 0 Å². The zero-order chi connectivity index (χ0) is 29.6. The van der Waals surface area contributed by atoms with Crippen molar-refractivity contribution < 1.29 is 46.1 Å². The summed E-state index contributed by atoms with van der Waals surface area (Å²) in [7, 11) is 0. The number of thioether (sulfide) groups is 1. The lowest BCUT2D eigenvalue weighted by Gasteiger charge is -2.24. The van der Waals surface area contributed by atoms with Crippen LogP contribution < -0.4 is 14.2 Å². The maximum Gasteiger partial charge on any atom is 0.586 e. The lowest BCUT2D eigenvalue weighted by Crippen LogP contribution is -2.25. The third-order valence-electron chi connectivity index (χ3n) is 6.80. The summed E-state index contributed by atoms with van der Waals surface area (Å²) in [5, 5.41) is 12.8. The van der Waals surface area contributed by atoms with Gasteiger partial charge in [0.05, 0.1) is 22.2 Å². The molecule has 3 aromatic carbocycles. The molecule has 1 aliphatic carbocycles. The molecule has 13 heteroatoms. The van der Waals surface area contributed by atoms with Crippen molar-refractivity contribution in [3.63, 3.8) is 0 Å². The Morgan fingerprint density at radius 1 is 1.07 bits per heavy atom. The maximum absolute atomic E-state index is 14.1. The number of hydrogen-bond donors (Lipinski definition) is 1. The zero-order valence-electron chi connectivity index (χ0n) is 21.5. The number of halogens is 5. The van der Waals surface area contributed by atoms with Crippen LogP contribution in [0, 0.1) is 0 Å². The first kappa shape index (κ1) is 27.9. The highest BCUT2D eigenvalue weighted by atomic mass is 32.2. The van der Waals surface area contributed by atoms with Crippen LogP contribution in [0.2, 0.25) is 0 Å². The first-order valence-corrected chi connectivity index (χ1v) is 13.7. The number of carboxylic acids is 1.